The average molecular weight is 441 g/mol. The molecular formula is C28H32N4O. The molecule has 170 valence electrons. The number of rotatable bonds is 7. The Morgan fingerprint density at radius 2 is 1.82 bits per heavy atom. The molecule has 0 radical (unpaired) electrons. The van der Waals surface area contributed by atoms with Gasteiger partial charge in [-0.05, 0) is 80.8 Å². The number of benzene rings is 1. The quantitative estimate of drug-likeness (QED) is 0.409. The van der Waals surface area contributed by atoms with Crippen molar-refractivity contribution in [2.24, 2.45) is 0 Å². The maximum absolute atomic E-state index is 8.94. The van der Waals surface area contributed by atoms with E-state index in [4.69, 9.17) is 10.00 Å². The fourth-order valence-electron chi connectivity index (χ4n) is 4.62. The summed E-state index contributed by atoms with van der Waals surface area (Å²) in [5.41, 5.74) is 5.47. The van der Waals surface area contributed by atoms with Crippen LogP contribution in [-0.4, -0.2) is 22.1 Å². The van der Waals surface area contributed by atoms with Gasteiger partial charge in [0.15, 0.2) is 0 Å². The van der Waals surface area contributed by atoms with Gasteiger partial charge in [-0.25, -0.2) is 4.98 Å². The Morgan fingerprint density at radius 3 is 2.45 bits per heavy atom. The molecule has 0 saturated heterocycles. The minimum Gasteiger partial charge on any atom is -0.489 e. The molecule has 0 N–H and O–H groups in total. The maximum atomic E-state index is 8.94. The minimum atomic E-state index is 0.166. The summed E-state index contributed by atoms with van der Waals surface area (Å²) in [6.45, 7) is 6.66. The highest BCUT2D eigenvalue weighted by molar-refractivity contribution is 5.67. The molecule has 0 amide bonds. The summed E-state index contributed by atoms with van der Waals surface area (Å²) in [7, 11) is 0. The third kappa shape index (κ3) is 5.34. The highest BCUT2D eigenvalue weighted by Crippen LogP contribution is 2.39. The highest BCUT2D eigenvalue weighted by atomic mass is 16.5. The third-order valence-electron chi connectivity index (χ3n) is 6.71. The number of nitriles is 1. The first-order chi connectivity index (χ1) is 16.1. The summed E-state index contributed by atoms with van der Waals surface area (Å²) in [6.07, 6.45) is 10.9. The Hall–Kier alpha value is -3.39. The van der Waals surface area contributed by atoms with E-state index in [9.17, 15) is 0 Å². The zero-order valence-electron chi connectivity index (χ0n) is 19.7. The van der Waals surface area contributed by atoms with E-state index in [1.165, 1.54) is 22.5 Å². The number of hydrogen-bond acceptors (Lipinski definition) is 5. The number of nitrogens with zero attached hydrogens (tertiary/aromatic N) is 4. The molecule has 0 spiro atoms. The van der Waals surface area contributed by atoms with Gasteiger partial charge in [-0.3, -0.25) is 4.98 Å². The van der Waals surface area contributed by atoms with Crippen LogP contribution in [0.5, 0.6) is 5.75 Å². The summed E-state index contributed by atoms with van der Waals surface area (Å²) in [6, 6.07) is 17.0. The van der Waals surface area contributed by atoms with Crippen molar-refractivity contribution < 1.29 is 4.74 Å². The van der Waals surface area contributed by atoms with Crippen molar-refractivity contribution in [2.75, 3.05) is 4.90 Å². The average Bonchev–Trinajstić information content (AvgIpc) is 2.86. The van der Waals surface area contributed by atoms with Gasteiger partial charge in [-0.15, -0.1) is 0 Å². The lowest BCUT2D eigenvalue weighted by Crippen LogP contribution is -2.38. The molecule has 0 bridgehead atoms. The van der Waals surface area contributed by atoms with Gasteiger partial charge in [0.25, 0.3) is 0 Å². The van der Waals surface area contributed by atoms with Gasteiger partial charge in [-0.2, -0.15) is 5.26 Å². The van der Waals surface area contributed by atoms with Crippen molar-refractivity contribution in [3.05, 3.63) is 77.9 Å². The molecule has 1 saturated carbocycles. The molecule has 5 nitrogen and oxygen atoms in total. The van der Waals surface area contributed by atoms with Gasteiger partial charge in [0, 0.05) is 17.9 Å². The van der Waals surface area contributed by atoms with Crippen LogP contribution < -0.4 is 9.64 Å². The van der Waals surface area contributed by atoms with Crippen LogP contribution in [-0.2, 0) is 0 Å². The van der Waals surface area contributed by atoms with E-state index in [2.05, 4.69) is 66.0 Å². The Morgan fingerprint density at radius 1 is 1.06 bits per heavy atom. The molecule has 1 unspecified atom stereocenters. The second-order valence-corrected chi connectivity index (χ2v) is 8.99. The number of aromatic nitrogens is 2. The molecule has 1 aliphatic rings. The lowest BCUT2D eigenvalue weighted by molar-refractivity contribution is 0.146. The summed E-state index contributed by atoms with van der Waals surface area (Å²) in [5, 5.41) is 8.94. The third-order valence-corrected chi connectivity index (χ3v) is 6.71. The van der Waals surface area contributed by atoms with Gasteiger partial charge in [0.2, 0.25) is 0 Å². The van der Waals surface area contributed by atoms with Gasteiger partial charge < -0.3 is 9.64 Å². The van der Waals surface area contributed by atoms with E-state index in [-0.39, 0.29) is 6.10 Å². The van der Waals surface area contributed by atoms with E-state index in [0.717, 1.165) is 37.9 Å². The second-order valence-electron chi connectivity index (χ2n) is 8.99. The van der Waals surface area contributed by atoms with Gasteiger partial charge >= 0.3 is 0 Å². The standard InChI is InChI=1S/C28H32N4O/c1-4-21(3)27-15-16-30-19-28(27)32(23-8-5-20(2)6-9-23)24-10-13-25(14-11-24)33-26-12-7-22(17-29)31-18-26/h5-9,12,15-16,18-19,21,24-25H,4,10-11,13-14H2,1-3H3. The van der Waals surface area contributed by atoms with Crippen LogP contribution in [0.3, 0.4) is 0 Å². The largest absolute Gasteiger partial charge is 0.489 e. The van der Waals surface area contributed by atoms with Crippen LogP contribution in [0.25, 0.3) is 0 Å². The molecular weight excluding hydrogens is 408 g/mol. The number of pyridine rings is 2. The monoisotopic (exact) mass is 440 g/mol. The number of anilines is 2. The van der Waals surface area contributed by atoms with E-state index in [0.29, 0.717) is 17.7 Å². The Labute approximate surface area is 197 Å². The molecule has 3 aromatic rings. The van der Waals surface area contributed by atoms with Crippen molar-refractivity contribution in [3.63, 3.8) is 0 Å². The fourth-order valence-corrected chi connectivity index (χ4v) is 4.62. The summed E-state index contributed by atoms with van der Waals surface area (Å²) in [4.78, 5) is 11.1. The van der Waals surface area contributed by atoms with Crippen LogP contribution in [0.1, 0.15) is 68.7 Å². The predicted molar refractivity (Wildman–Crippen MR) is 132 cm³/mol. The zero-order chi connectivity index (χ0) is 23.2. The molecule has 4 rings (SSSR count). The lowest BCUT2D eigenvalue weighted by Gasteiger charge is -2.39. The van der Waals surface area contributed by atoms with Gasteiger partial charge in [0.05, 0.1) is 24.2 Å². The van der Waals surface area contributed by atoms with Crippen molar-refractivity contribution in [2.45, 2.75) is 70.9 Å². The van der Waals surface area contributed by atoms with Crippen molar-refractivity contribution in [1.29, 1.82) is 5.26 Å². The smallest absolute Gasteiger partial charge is 0.140 e. The van der Waals surface area contributed by atoms with Crippen LogP contribution in [0.4, 0.5) is 11.4 Å². The van der Waals surface area contributed by atoms with Crippen LogP contribution >= 0.6 is 0 Å². The Bertz CT molecular complexity index is 1080. The van der Waals surface area contributed by atoms with Crippen LogP contribution in [0, 0.1) is 18.3 Å². The molecule has 1 atom stereocenters. The van der Waals surface area contributed by atoms with E-state index in [1.54, 1.807) is 12.3 Å². The summed E-state index contributed by atoms with van der Waals surface area (Å²) >= 11 is 0. The van der Waals surface area contributed by atoms with Gasteiger partial charge in [0.1, 0.15) is 17.5 Å². The first-order valence-electron chi connectivity index (χ1n) is 11.9. The topological polar surface area (TPSA) is 62.0 Å². The van der Waals surface area contributed by atoms with Gasteiger partial charge in [-0.1, -0.05) is 31.5 Å². The molecule has 33 heavy (non-hydrogen) atoms. The summed E-state index contributed by atoms with van der Waals surface area (Å²) in [5.74, 6) is 1.21. The molecule has 5 heteroatoms. The highest BCUT2D eigenvalue weighted by Gasteiger charge is 2.30. The molecule has 1 aromatic carbocycles. The first kappa shape index (κ1) is 22.8. The molecule has 2 heterocycles. The Balaban J connectivity index is 1.55. The molecule has 1 fully saturated rings. The second kappa shape index (κ2) is 10.5. The fraction of sp³-hybridized carbons (Fsp3) is 0.393. The molecule has 2 aromatic heterocycles. The van der Waals surface area contributed by atoms with Crippen LogP contribution in [0.15, 0.2) is 61.1 Å². The number of ether oxygens (including phenoxy) is 1. The maximum Gasteiger partial charge on any atom is 0.140 e. The van der Waals surface area contributed by atoms with Crippen molar-refractivity contribution in [1.82, 2.24) is 9.97 Å². The lowest BCUT2D eigenvalue weighted by atomic mass is 9.89. The predicted octanol–water partition coefficient (Wildman–Crippen LogP) is 6.70. The SMILES string of the molecule is CCC(C)c1ccncc1N(c1ccc(C)cc1)C1CCC(Oc2ccc(C#N)nc2)CC1. The van der Waals surface area contributed by atoms with Crippen molar-refractivity contribution in [3.8, 4) is 11.8 Å². The number of aryl methyl sites for hydroxylation is 1. The van der Waals surface area contributed by atoms with E-state index < -0.39 is 0 Å². The van der Waals surface area contributed by atoms with Crippen molar-refractivity contribution >= 4 is 11.4 Å². The zero-order valence-corrected chi connectivity index (χ0v) is 19.7. The Kier molecular flexibility index (Phi) is 7.24. The van der Waals surface area contributed by atoms with Crippen LogP contribution in [0.2, 0.25) is 0 Å². The first-order valence-corrected chi connectivity index (χ1v) is 11.9. The molecule has 1 aliphatic carbocycles. The minimum absolute atomic E-state index is 0.166. The normalized spacial score (nSPS) is 18.8. The van der Waals surface area contributed by atoms with E-state index >= 15 is 0 Å². The summed E-state index contributed by atoms with van der Waals surface area (Å²) < 4.78 is 6.19. The molecule has 0 aliphatic heterocycles. The van der Waals surface area contributed by atoms with E-state index in [1.807, 2.05) is 24.5 Å². The number of hydrogen-bond donors (Lipinski definition) is 0.